The van der Waals surface area contributed by atoms with E-state index in [0.29, 0.717) is 24.2 Å². The maximum absolute atomic E-state index is 5.67. The normalized spacial score (nSPS) is 12.3. The highest BCUT2D eigenvalue weighted by molar-refractivity contribution is 7.10. The van der Waals surface area contributed by atoms with Crippen molar-refractivity contribution in [1.29, 1.82) is 0 Å². The average molecular weight is 373 g/mol. The number of hydrogen-bond donors (Lipinski definition) is 1. The van der Waals surface area contributed by atoms with Crippen LogP contribution in [0.25, 0.3) is 0 Å². The number of nitrogens with one attached hydrogen (secondary N) is 1. The number of methoxy groups -OCH3 is 1. The molecule has 0 bridgehead atoms. The smallest absolute Gasteiger partial charge is 0.240 e. The highest BCUT2D eigenvalue weighted by atomic mass is 32.1. The Morgan fingerprint density at radius 2 is 1.92 bits per heavy atom. The Morgan fingerprint density at radius 3 is 2.58 bits per heavy atom. The molecule has 1 atom stereocenters. The van der Waals surface area contributed by atoms with E-state index < -0.39 is 0 Å². The van der Waals surface area contributed by atoms with Crippen molar-refractivity contribution in [3.05, 3.63) is 58.4 Å². The molecule has 3 rings (SSSR count). The first-order valence-corrected chi connectivity index (χ1v) is 9.38. The van der Waals surface area contributed by atoms with Crippen LogP contribution in [0.1, 0.15) is 36.5 Å². The van der Waals surface area contributed by atoms with Crippen molar-refractivity contribution >= 4 is 11.3 Å². The lowest BCUT2D eigenvalue weighted by atomic mass is 10.0. The van der Waals surface area contributed by atoms with Crippen LogP contribution in [0.4, 0.5) is 0 Å². The molecule has 6 nitrogen and oxygen atoms in total. The molecule has 0 radical (unpaired) electrons. The van der Waals surface area contributed by atoms with Gasteiger partial charge in [-0.1, -0.05) is 25.1 Å². The summed E-state index contributed by atoms with van der Waals surface area (Å²) in [5.74, 6) is 3.06. The maximum atomic E-state index is 5.67. The Balaban J connectivity index is 1.52. The quantitative estimate of drug-likeness (QED) is 0.606. The lowest BCUT2D eigenvalue weighted by Gasteiger charge is -2.20. The van der Waals surface area contributed by atoms with E-state index in [4.69, 9.17) is 14.0 Å². The fourth-order valence-corrected chi connectivity index (χ4v) is 3.54. The molecule has 1 aromatic carbocycles. The molecule has 138 valence electrons. The minimum Gasteiger partial charge on any atom is -0.497 e. The Labute approximate surface area is 157 Å². The first kappa shape index (κ1) is 18.4. The molecular formula is C19H23N3O3S. The first-order chi connectivity index (χ1) is 12.7. The molecule has 0 spiro atoms. The molecule has 7 heteroatoms. The van der Waals surface area contributed by atoms with E-state index in [9.17, 15) is 0 Å². The largest absolute Gasteiger partial charge is 0.497 e. The number of ether oxygens (including phenoxy) is 2. The highest BCUT2D eigenvalue weighted by Crippen LogP contribution is 2.26. The Bertz CT molecular complexity index is 785. The van der Waals surface area contributed by atoms with E-state index in [1.165, 1.54) is 4.88 Å². The Hall–Kier alpha value is -2.38. The lowest BCUT2D eigenvalue weighted by Crippen LogP contribution is -2.24. The Morgan fingerprint density at radius 1 is 1.15 bits per heavy atom. The van der Waals surface area contributed by atoms with Gasteiger partial charge in [0.15, 0.2) is 6.61 Å². The molecular weight excluding hydrogens is 350 g/mol. The molecule has 2 heterocycles. The van der Waals surface area contributed by atoms with Crippen molar-refractivity contribution in [3.8, 4) is 11.5 Å². The highest BCUT2D eigenvalue weighted by Gasteiger charge is 2.17. The molecule has 0 amide bonds. The van der Waals surface area contributed by atoms with E-state index in [2.05, 4.69) is 46.8 Å². The number of aromatic nitrogens is 2. The molecule has 3 aromatic rings. The van der Waals surface area contributed by atoms with E-state index >= 15 is 0 Å². The summed E-state index contributed by atoms with van der Waals surface area (Å²) in [5, 5.41) is 9.57. The molecule has 0 fully saturated rings. The minimum atomic E-state index is 0.258. The Kier molecular flexibility index (Phi) is 6.25. The van der Waals surface area contributed by atoms with Gasteiger partial charge in [0.1, 0.15) is 11.5 Å². The van der Waals surface area contributed by atoms with Crippen molar-refractivity contribution in [1.82, 2.24) is 15.5 Å². The summed E-state index contributed by atoms with van der Waals surface area (Å²) >= 11 is 1.75. The van der Waals surface area contributed by atoms with Gasteiger partial charge in [-0.05, 0) is 41.6 Å². The minimum absolute atomic E-state index is 0.258. The van der Waals surface area contributed by atoms with E-state index in [-0.39, 0.29) is 12.6 Å². The standard InChI is InChI=1S/C19H23N3O3S/c1-13(2)19(16-5-4-10-26-16)20-11-18-21-17(22-25-18)12-24-15-8-6-14(23-3)7-9-15/h4-10,13,19-20H,11-12H2,1-3H3/t19-/m0/s1. The summed E-state index contributed by atoms with van der Waals surface area (Å²) in [5.41, 5.74) is 0. The number of thiophene rings is 1. The van der Waals surface area contributed by atoms with Gasteiger partial charge in [-0.2, -0.15) is 4.98 Å². The van der Waals surface area contributed by atoms with Gasteiger partial charge in [-0.3, -0.25) is 0 Å². The summed E-state index contributed by atoms with van der Waals surface area (Å²) in [6.07, 6.45) is 0. The van der Waals surface area contributed by atoms with Gasteiger partial charge < -0.3 is 19.3 Å². The average Bonchev–Trinajstić information content (AvgIpc) is 3.32. The summed E-state index contributed by atoms with van der Waals surface area (Å²) < 4.78 is 16.1. The zero-order valence-corrected chi connectivity index (χ0v) is 16.0. The van der Waals surface area contributed by atoms with Gasteiger partial charge in [-0.25, -0.2) is 0 Å². The SMILES string of the molecule is COc1ccc(OCc2noc(CN[C@H](c3cccs3)C(C)C)n2)cc1. The molecule has 2 aromatic heterocycles. The van der Waals surface area contributed by atoms with Gasteiger partial charge >= 0.3 is 0 Å². The number of benzene rings is 1. The second kappa shape index (κ2) is 8.82. The van der Waals surface area contributed by atoms with Crippen molar-refractivity contribution in [2.75, 3.05) is 7.11 Å². The molecule has 0 aliphatic carbocycles. The third-order valence-electron chi connectivity index (χ3n) is 3.93. The van der Waals surface area contributed by atoms with E-state index in [0.717, 1.165) is 11.5 Å². The van der Waals surface area contributed by atoms with Crippen LogP contribution >= 0.6 is 11.3 Å². The maximum Gasteiger partial charge on any atom is 0.240 e. The zero-order chi connectivity index (χ0) is 18.4. The molecule has 0 saturated carbocycles. The fourth-order valence-electron chi connectivity index (χ4n) is 2.57. The van der Waals surface area contributed by atoms with Crippen LogP contribution in [0.2, 0.25) is 0 Å². The number of hydrogen-bond acceptors (Lipinski definition) is 7. The topological polar surface area (TPSA) is 69.4 Å². The van der Waals surface area contributed by atoms with Gasteiger partial charge in [-0.15, -0.1) is 11.3 Å². The predicted molar refractivity (Wildman–Crippen MR) is 100 cm³/mol. The second-order valence-corrected chi connectivity index (χ2v) is 7.17. The van der Waals surface area contributed by atoms with Crippen molar-refractivity contribution in [3.63, 3.8) is 0 Å². The van der Waals surface area contributed by atoms with Crippen LogP contribution in [0.5, 0.6) is 11.5 Å². The number of nitrogens with zero attached hydrogens (tertiary/aromatic N) is 2. The van der Waals surface area contributed by atoms with Crippen molar-refractivity contribution < 1.29 is 14.0 Å². The number of rotatable bonds is 9. The monoisotopic (exact) mass is 373 g/mol. The third kappa shape index (κ3) is 4.83. The second-order valence-electron chi connectivity index (χ2n) is 6.19. The summed E-state index contributed by atoms with van der Waals surface area (Å²) in [4.78, 5) is 5.69. The van der Waals surface area contributed by atoms with Gasteiger partial charge in [0, 0.05) is 10.9 Å². The molecule has 0 aliphatic rings. The van der Waals surface area contributed by atoms with Crippen molar-refractivity contribution in [2.45, 2.75) is 33.0 Å². The summed E-state index contributed by atoms with van der Waals surface area (Å²) in [6.45, 7) is 5.17. The van der Waals surface area contributed by atoms with E-state index in [1.54, 1.807) is 18.4 Å². The summed E-state index contributed by atoms with van der Waals surface area (Å²) in [7, 11) is 1.63. The molecule has 0 unspecified atom stereocenters. The summed E-state index contributed by atoms with van der Waals surface area (Å²) in [6, 6.07) is 11.9. The third-order valence-corrected chi connectivity index (χ3v) is 4.88. The first-order valence-electron chi connectivity index (χ1n) is 8.51. The van der Waals surface area contributed by atoms with Crippen LogP contribution in [-0.4, -0.2) is 17.3 Å². The van der Waals surface area contributed by atoms with Crippen LogP contribution in [-0.2, 0) is 13.2 Å². The van der Waals surface area contributed by atoms with Gasteiger partial charge in [0.25, 0.3) is 0 Å². The van der Waals surface area contributed by atoms with Crippen LogP contribution in [0.3, 0.4) is 0 Å². The molecule has 26 heavy (non-hydrogen) atoms. The molecule has 0 saturated heterocycles. The molecule has 1 N–H and O–H groups in total. The van der Waals surface area contributed by atoms with Crippen LogP contribution < -0.4 is 14.8 Å². The predicted octanol–water partition coefficient (Wildman–Crippen LogP) is 4.21. The van der Waals surface area contributed by atoms with Crippen LogP contribution in [0.15, 0.2) is 46.3 Å². The van der Waals surface area contributed by atoms with Gasteiger partial charge in [0.05, 0.1) is 13.7 Å². The lowest BCUT2D eigenvalue weighted by molar-refractivity contribution is 0.283. The van der Waals surface area contributed by atoms with Crippen molar-refractivity contribution in [2.24, 2.45) is 5.92 Å². The fraction of sp³-hybridized carbons (Fsp3) is 0.368. The molecule has 0 aliphatic heterocycles. The van der Waals surface area contributed by atoms with Gasteiger partial charge in [0.2, 0.25) is 11.7 Å². The van der Waals surface area contributed by atoms with E-state index in [1.807, 2.05) is 24.3 Å². The zero-order valence-electron chi connectivity index (χ0n) is 15.1. The van der Waals surface area contributed by atoms with Crippen LogP contribution in [0, 0.1) is 5.92 Å².